The van der Waals surface area contributed by atoms with Crippen molar-refractivity contribution in [3.8, 4) is 0 Å². The molecule has 5 nitrogen and oxygen atoms in total. The highest BCUT2D eigenvalue weighted by molar-refractivity contribution is 6.31. The van der Waals surface area contributed by atoms with E-state index >= 15 is 0 Å². The SMILES string of the molecule is CNCCCC(=O)NCCC(=O)Nc1cccc(Cl)c1C.Cl. The predicted octanol–water partition coefficient (Wildman–Crippen LogP) is 2.51. The Labute approximate surface area is 142 Å². The molecule has 0 saturated carbocycles. The van der Waals surface area contributed by atoms with Gasteiger partial charge in [-0.2, -0.15) is 0 Å². The first-order chi connectivity index (χ1) is 10.0. The highest BCUT2D eigenvalue weighted by Gasteiger charge is 2.07. The molecule has 0 atom stereocenters. The van der Waals surface area contributed by atoms with Crippen LogP contribution in [-0.2, 0) is 9.59 Å². The molecule has 7 heteroatoms. The van der Waals surface area contributed by atoms with E-state index in [-0.39, 0.29) is 30.6 Å². The summed E-state index contributed by atoms with van der Waals surface area (Å²) >= 11 is 5.99. The van der Waals surface area contributed by atoms with Crippen LogP contribution in [0.4, 0.5) is 5.69 Å². The molecule has 0 saturated heterocycles. The molecule has 0 aliphatic heterocycles. The van der Waals surface area contributed by atoms with Crippen LogP contribution < -0.4 is 16.0 Å². The molecular weight excluding hydrogens is 325 g/mol. The summed E-state index contributed by atoms with van der Waals surface area (Å²) in [6.07, 6.45) is 1.50. The largest absolute Gasteiger partial charge is 0.356 e. The Morgan fingerprint density at radius 2 is 1.86 bits per heavy atom. The molecule has 0 spiro atoms. The van der Waals surface area contributed by atoms with Gasteiger partial charge in [0.05, 0.1) is 0 Å². The minimum absolute atomic E-state index is 0. The average Bonchev–Trinajstić information content (AvgIpc) is 2.44. The van der Waals surface area contributed by atoms with E-state index in [2.05, 4.69) is 16.0 Å². The second-order valence-electron chi connectivity index (χ2n) is 4.77. The summed E-state index contributed by atoms with van der Waals surface area (Å²) in [5.41, 5.74) is 1.54. The number of carbonyl (C=O) groups is 2. The zero-order chi connectivity index (χ0) is 15.7. The minimum Gasteiger partial charge on any atom is -0.356 e. The smallest absolute Gasteiger partial charge is 0.226 e. The van der Waals surface area contributed by atoms with E-state index in [1.807, 2.05) is 14.0 Å². The van der Waals surface area contributed by atoms with Crippen LogP contribution in [0, 0.1) is 6.92 Å². The van der Waals surface area contributed by atoms with Crippen molar-refractivity contribution in [1.29, 1.82) is 0 Å². The molecule has 1 rings (SSSR count). The Kier molecular flexibility index (Phi) is 10.6. The van der Waals surface area contributed by atoms with E-state index in [1.54, 1.807) is 18.2 Å². The van der Waals surface area contributed by atoms with Gasteiger partial charge in [0.2, 0.25) is 11.8 Å². The normalized spacial score (nSPS) is 9.77. The van der Waals surface area contributed by atoms with Crippen LogP contribution in [0.25, 0.3) is 0 Å². The first-order valence-corrected chi connectivity index (χ1v) is 7.38. The van der Waals surface area contributed by atoms with Gasteiger partial charge in [0.15, 0.2) is 0 Å². The van der Waals surface area contributed by atoms with Gasteiger partial charge in [-0.1, -0.05) is 17.7 Å². The van der Waals surface area contributed by atoms with Crippen molar-refractivity contribution in [2.24, 2.45) is 0 Å². The van der Waals surface area contributed by atoms with Crippen LogP contribution in [0.3, 0.4) is 0 Å². The van der Waals surface area contributed by atoms with Gasteiger partial charge in [-0.05, 0) is 44.6 Å². The monoisotopic (exact) mass is 347 g/mol. The number of amides is 2. The first-order valence-electron chi connectivity index (χ1n) is 7.01. The first kappa shape index (κ1) is 20.7. The fraction of sp³-hybridized carbons (Fsp3) is 0.467. The predicted molar refractivity (Wildman–Crippen MR) is 92.9 cm³/mol. The second-order valence-corrected chi connectivity index (χ2v) is 5.17. The summed E-state index contributed by atoms with van der Waals surface area (Å²) < 4.78 is 0. The molecule has 0 aliphatic carbocycles. The Morgan fingerprint density at radius 3 is 2.55 bits per heavy atom. The van der Waals surface area contributed by atoms with E-state index in [9.17, 15) is 9.59 Å². The summed E-state index contributed by atoms with van der Waals surface area (Å²) in [5.74, 6) is -0.173. The van der Waals surface area contributed by atoms with Crippen LogP contribution in [0.2, 0.25) is 5.02 Å². The molecular formula is C15H23Cl2N3O2. The van der Waals surface area contributed by atoms with Gasteiger partial charge in [-0.15, -0.1) is 12.4 Å². The molecule has 0 bridgehead atoms. The van der Waals surface area contributed by atoms with Crippen LogP contribution >= 0.6 is 24.0 Å². The molecule has 0 heterocycles. The molecule has 0 aromatic heterocycles. The zero-order valence-electron chi connectivity index (χ0n) is 12.9. The summed E-state index contributed by atoms with van der Waals surface area (Å²) in [7, 11) is 1.85. The highest BCUT2D eigenvalue weighted by Crippen LogP contribution is 2.22. The number of carbonyl (C=O) groups excluding carboxylic acids is 2. The summed E-state index contributed by atoms with van der Waals surface area (Å²) in [6.45, 7) is 2.99. The number of rotatable bonds is 8. The Balaban J connectivity index is 0.00000441. The molecule has 22 heavy (non-hydrogen) atoms. The molecule has 0 radical (unpaired) electrons. The summed E-state index contributed by atoms with van der Waals surface area (Å²) in [4.78, 5) is 23.3. The topological polar surface area (TPSA) is 70.2 Å². The maximum Gasteiger partial charge on any atom is 0.226 e. The number of anilines is 1. The van der Waals surface area contributed by atoms with Crippen molar-refractivity contribution in [2.75, 3.05) is 25.5 Å². The standard InChI is InChI=1S/C15H22ClN3O2.ClH/c1-11-12(16)5-3-6-13(11)19-15(21)8-10-18-14(20)7-4-9-17-2;/h3,5-6,17H,4,7-10H2,1-2H3,(H,18,20)(H,19,21);1H. The van der Waals surface area contributed by atoms with Gasteiger partial charge in [0.25, 0.3) is 0 Å². The molecule has 0 unspecified atom stereocenters. The molecule has 1 aromatic carbocycles. The van der Waals surface area contributed by atoms with Gasteiger partial charge < -0.3 is 16.0 Å². The third-order valence-electron chi connectivity index (χ3n) is 3.05. The van der Waals surface area contributed by atoms with Crippen LogP contribution in [0.5, 0.6) is 0 Å². The highest BCUT2D eigenvalue weighted by atomic mass is 35.5. The van der Waals surface area contributed by atoms with Crippen molar-refractivity contribution in [3.05, 3.63) is 28.8 Å². The fourth-order valence-electron chi connectivity index (χ4n) is 1.79. The summed E-state index contributed by atoms with van der Waals surface area (Å²) in [6, 6.07) is 5.36. The minimum atomic E-state index is -0.143. The van der Waals surface area contributed by atoms with Crippen molar-refractivity contribution in [3.63, 3.8) is 0 Å². The Morgan fingerprint density at radius 1 is 1.14 bits per heavy atom. The Bertz CT molecular complexity index is 496. The number of nitrogens with one attached hydrogen (secondary N) is 3. The zero-order valence-corrected chi connectivity index (χ0v) is 14.4. The molecule has 0 fully saturated rings. The number of hydrogen-bond donors (Lipinski definition) is 3. The maximum atomic E-state index is 11.8. The van der Waals surface area contributed by atoms with Gasteiger partial charge in [-0.25, -0.2) is 0 Å². The maximum absolute atomic E-state index is 11.8. The van der Waals surface area contributed by atoms with E-state index in [4.69, 9.17) is 11.6 Å². The fourth-order valence-corrected chi connectivity index (χ4v) is 1.96. The lowest BCUT2D eigenvalue weighted by atomic mass is 10.2. The van der Waals surface area contributed by atoms with Crippen LogP contribution in [0.15, 0.2) is 18.2 Å². The third-order valence-corrected chi connectivity index (χ3v) is 3.46. The van der Waals surface area contributed by atoms with Crippen molar-refractivity contribution >= 4 is 41.5 Å². The van der Waals surface area contributed by atoms with E-state index in [0.717, 1.165) is 18.5 Å². The van der Waals surface area contributed by atoms with E-state index in [0.29, 0.717) is 23.7 Å². The lowest BCUT2D eigenvalue weighted by molar-refractivity contribution is -0.121. The molecule has 124 valence electrons. The van der Waals surface area contributed by atoms with Crippen LogP contribution in [0.1, 0.15) is 24.8 Å². The van der Waals surface area contributed by atoms with Gasteiger partial charge >= 0.3 is 0 Å². The lowest BCUT2D eigenvalue weighted by Gasteiger charge is -2.10. The lowest BCUT2D eigenvalue weighted by Crippen LogP contribution is -2.28. The number of hydrogen-bond acceptors (Lipinski definition) is 3. The van der Waals surface area contributed by atoms with Crippen LogP contribution in [-0.4, -0.2) is 32.0 Å². The molecule has 2 amide bonds. The quantitative estimate of drug-likeness (QED) is 0.632. The molecule has 1 aromatic rings. The third kappa shape index (κ3) is 7.64. The Hall–Kier alpha value is -1.30. The summed E-state index contributed by atoms with van der Waals surface area (Å²) in [5, 5.41) is 9.12. The van der Waals surface area contributed by atoms with Crippen molar-refractivity contribution in [2.45, 2.75) is 26.2 Å². The van der Waals surface area contributed by atoms with E-state index < -0.39 is 0 Å². The van der Waals surface area contributed by atoms with Gasteiger partial charge in [0, 0.05) is 30.1 Å². The van der Waals surface area contributed by atoms with Gasteiger partial charge in [-0.3, -0.25) is 9.59 Å². The second kappa shape index (κ2) is 11.3. The molecule has 3 N–H and O–H groups in total. The molecule has 0 aliphatic rings. The van der Waals surface area contributed by atoms with Crippen molar-refractivity contribution < 1.29 is 9.59 Å². The van der Waals surface area contributed by atoms with Gasteiger partial charge in [0.1, 0.15) is 0 Å². The number of benzene rings is 1. The average molecular weight is 348 g/mol. The van der Waals surface area contributed by atoms with E-state index in [1.165, 1.54) is 0 Å². The number of halogens is 2. The van der Waals surface area contributed by atoms with Crippen molar-refractivity contribution in [1.82, 2.24) is 10.6 Å².